The van der Waals surface area contributed by atoms with Crippen molar-refractivity contribution < 1.29 is 9.90 Å². The molecule has 0 bridgehead atoms. The Balaban J connectivity index is 3.91. The van der Waals surface area contributed by atoms with Gasteiger partial charge in [0.15, 0.2) is 0 Å². The first kappa shape index (κ1) is 11.4. The molecule has 0 saturated heterocycles. The molecule has 3 atom stereocenters. The number of hydrogen-bond donors (Lipinski definition) is 2. The Hall–Kier alpha value is -0.570. The van der Waals surface area contributed by atoms with Crippen LogP contribution in [0.1, 0.15) is 33.6 Å². The van der Waals surface area contributed by atoms with Crippen molar-refractivity contribution in [3.8, 4) is 0 Å². The van der Waals surface area contributed by atoms with Crippen LogP contribution in [0.15, 0.2) is 0 Å². The summed E-state index contributed by atoms with van der Waals surface area (Å²) in [5.74, 6) is -0.0249. The van der Waals surface area contributed by atoms with Crippen LogP contribution < -0.4 is 5.73 Å². The Morgan fingerprint density at radius 3 is 2.33 bits per heavy atom. The highest BCUT2D eigenvalue weighted by Gasteiger charge is 2.20. The average Bonchev–Trinajstić information content (AvgIpc) is 2.00. The summed E-state index contributed by atoms with van der Waals surface area (Å²) in [7, 11) is 0. The van der Waals surface area contributed by atoms with Gasteiger partial charge in [0.25, 0.3) is 0 Å². The standard InChI is InChI=1S/C9H19NO2/c1-4-6(2)7(3)8(10)5-9(11)12/h6-8H,4-5,10H2,1-3H3,(H,11,12)/t6-,7+,8+/m0/s1. The molecule has 0 fully saturated rings. The highest BCUT2D eigenvalue weighted by Crippen LogP contribution is 2.18. The molecule has 3 nitrogen and oxygen atoms in total. The summed E-state index contributed by atoms with van der Waals surface area (Å²) in [6.07, 6.45) is 1.12. The first-order chi connectivity index (χ1) is 5.49. The quantitative estimate of drug-likeness (QED) is 0.661. The van der Waals surface area contributed by atoms with Crippen LogP contribution in [0.5, 0.6) is 0 Å². The van der Waals surface area contributed by atoms with E-state index in [1.54, 1.807) is 0 Å². The van der Waals surface area contributed by atoms with Crippen molar-refractivity contribution in [2.45, 2.75) is 39.7 Å². The van der Waals surface area contributed by atoms with Crippen molar-refractivity contribution in [2.24, 2.45) is 17.6 Å². The molecule has 3 N–H and O–H groups in total. The fourth-order valence-corrected chi connectivity index (χ4v) is 1.18. The van der Waals surface area contributed by atoms with E-state index in [2.05, 4.69) is 13.8 Å². The van der Waals surface area contributed by atoms with Crippen molar-refractivity contribution in [3.05, 3.63) is 0 Å². The number of nitrogens with two attached hydrogens (primary N) is 1. The lowest BCUT2D eigenvalue weighted by atomic mass is 9.86. The summed E-state index contributed by atoms with van der Waals surface area (Å²) in [5, 5.41) is 8.51. The molecule has 72 valence electrons. The molecule has 0 rings (SSSR count). The van der Waals surface area contributed by atoms with Gasteiger partial charge in [-0.15, -0.1) is 0 Å². The fraction of sp³-hybridized carbons (Fsp3) is 0.889. The Morgan fingerprint density at radius 1 is 1.50 bits per heavy atom. The van der Waals surface area contributed by atoms with E-state index in [9.17, 15) is 4.79 Å². The Morgan fingerprint density at radius 2 is 2.00 bits per heavy atom. The van der Waals surface area contributed by atoms with E-state index >= 15 is 0 Å². The highest BCUT2D eigenvalue weighted by atomic mass is 16.4. The van der Waals surface area contributed by atoms with E-state index in [0.717, 1.165) is 6.42 Å². The third-order valence-corrected chi connectivity index (χ3v) is 2.63. The fourth-order valence-electron chi connectivity index (χ4n) is 1.18. The van der Waals surface area contributed by atoms with Gasteiger partial charge < -0.3 is 10.8 Å². The molecule has 3 heteroatoms. The first-order valence-electron chi connectivity index (χ1n) is 4.46. The molecule has 0 saturated carbocycles. The maximum absolute atomic E-state index is 10.3. The van der Waals surface area contributed by atoms with Gasteiger partial charge in [-0.2, -0.15) is 0 Å². The molecule has 0 aromatic carbocycles. The third kappa shape index (κ3) is 3.72. The third-order valence-electron chi connectivity index (χ3n) is 2.63. The minimum atomic E-state index is -0.808. The van der Waals surface area contributed by atoms with Crippen LogP contribution in [0.4, 0.5) is 0 Å². The van der Waals surface area contributed by atoms with Crippen molar-refractivity contribution in [1.29, 1.82) is 0 Å². The lowest BCUT2D eigenvalue weighted by Gasteiger charge is -2.23. The number of hydrogen-bond acceptors (Lipinski definition) is 2. The van der Waals surface area contributed by atoms with E-state index in [4.69, 9.17) is 10.8 Å². The zero-order chi connectivity index (χ0) is 9.72. The van der Waals surface area contributed by atoms with Crippen molar-refractivity contribution in [3.63, 3.8) is 0 Å². The van der Waals surface area contributed by atoms with Crippen LogP contribution in [0.3, 0.4) is 0 Å². The van der Waals surface area contributed by atoms with Gasteiger partial charge in [0.2, 0.25) is 0 Å². The van der Waals surface area contributed by atoms with Crippen molar-refractivity contribution >= 4 is 5.97 Å². The van der Waals surface area contributed by atoms with Gasteiger partial charge in [0, 0.05) is 6.04 Å². The second-order valence-corrected chi connectivity index (χ2v) is 3.51. The molecule has 0 radical (unpaired) electrons. The molecular weight excluding hydrogens is 154 g/mol. The molecule has 0 aliphatic heterocycles. The molecule has 0 aromatic rings. The summed E-state index contributed by atoms with van der Waals surface area (Å²) < 4.78 is 0. The van der Waals surface area contributed by atoms with Gasteiger partial charge in [0.1, 0.15) is 0 Å². The maximum atomic E-state index is 10.3. The topological polar surface area (TPSA) is 63.3 Å². The zero-order valence-electron chi connectivity index (χ0n) is 8.08. The average molecular weight is 173 g/mol. The Kier molecular flexibility index (Phi) is 4.90. The maximum Gasteiger partial charge on any atom is 0.304 e. The van der Waals surface area contributed by atoms with Gasteiger partial charge in [0.05, 0.1) is 6.42 Å². The van der Waals surface area contributed by atoms with Gasteiger partial charge in [-0.3, -0.25) is 4.79 Å². The minimum Gasteiger partial charge on any atom is -0.481 e. The number of carbonyl (C=O) groups is 1. The highest BCUT2D eigenvalue weighted by molar-refractivity contribution is 5.67. The zero-order valence-corrected chi connectivity index (χ0v) is 8.08. The summed E-state index contributed by atoms with van der Waals surface area (Å²) in [4.78, 5) is 10.3. The summed E-state index contributed by atoms with van der Waals surface area (Å²) in [6, 6.07) is -0.211. The molecular formula is C9H19NO2. The second-order valence-electron chi connectivity index (χ2n) is 3.51. The minimum absolute atomic E-state index is 0.0749. The molecule has 0 heterocycles. The normalized spacial score (nSPS) is 18.3. The summed E-state index contributed by atoms with van der Waals surface area (Å²) >= 11 is 0. The molecule has 0 unspecified atom stereocenters. The van der Waals surface area contributed by atoms with E-state index in [-0.39, 0.29) is 18.4 Å². The lowest BCUT2D eigenvalue weighted by Crippen LogP contribution is -2.34. The van der Waals surface area contributed by atoms with E-state index < -0.39 is 5.97 Å². The SMILES string of the molecule is CC[C@H](C)[C@@H](C)[C@H](N)CC(=O)O. The van der Waals surface area contributed by atoms with E-state index in [0.29, 0.717) is 5.92 Å². The van der Waals surface area contributed by atoms with Gasteiger partial charge >= 0.3 is 5.97 Å². The van der Waals surface area contributed by atoms with Crippen LogP contribution >= 0.6 is 0 Å². The Bertz CT molecular complexity index is 147. The monoisotopic (exact) mass is 173 g/mol. The molecule has 0 aromatic heterocycles. The van der Waals surface area contributed by atoms with Crippen LogP contribution in [-0.4, -0.2) is 17.1 Å². The molecule has 0 amide bonds. The van der Waals surface area contributed by atoms with Crippen LogP contribution in [0, 0.1) is 11.8 Å². The predicted molar refractivity (Wildman–Crippen MR) is 48.8 cm³/mol. The molecule has 0 aliphatic rings. The van der Waals surface area contributed by atoms with Crippen LogP contribution in [-0.2, 0) is 4.79 Å². The van der Waals surface area contributed by atoms with Crippen molar-refractivity contribution in [1.82, 2.24) is 0 Å². The summed E-state index contributed by atoms with van der Waals surface area (Å²) in [5.41, 5.74) is 5.71. The second kappa shape index (κ2) is 5.14. The van der Waals surface area contributed by atoms with Crippen LogP contribution in [0.2, 0.25) is 0 Å². The Labute approximate surface area is 74.0 Å². The number of aliphatic carboxylic acids is 1. The van der Waals surface area contributed by atoms with E-state index in [1.165, 1.54) is 0 Å². The predicted octanol–water partition coefficient (Wildman–Crippen LogP) is 1.47. The number of rotatable bonds is 5. The molecule has 12 heavy (non-hydrogen) atoms. The molecule has 0 spiro atoms. The van der Waals surface area contributed by atoms with Gasteiger partial charge in [-0.1, -0.05) is 27.2 Å². The van der Waals surface area contributed by atoms with Gasteiger partial charge in [-0.25, -0.2) is 0 Å². The van der Waals surface area contributed by atoms with E-state index in [1.807, 2.05) is 6.92 Å². The summed E-state index contributed by atoms with van der Waals surface area (Å²) in [6.45, 7) is 6.21. The largest absolute Gasteiger partial charge is 0.481 e. The number of carboxylic acids is 1. The smallest absolute Gasteiger partial charge is 0.304 e. The molecule has 0 aliphatic carbocycles. The van der Waals surface area contributed by atoms with Crippen LogP contribution in [0.25, 0.3) is 0 Å². The lowest BCUT2D eigenvalue weighted by molar-refractivity contribution is -0.137. The number of carboxylic acid groups (broad SMARTS) is 1. The first-order valence-corrected chi connectivity index (χ1v) is 4.46. The van der Waals surface area contributed by atoms with Gasteiger partial charge in [-0.05, 0) is 11.8 Å². The van der Waals surface area contributed by atoms with Crippen molar-refractivity contribution in [2.75, 3.05) is 0 Å².